The SMILES string of the molecule is C=CC[C@@H]1O[C@H](COCc2ccccc2)[C@@H](OCc2ccccc2)[C@H](OCc2ccccc2)[C@H]1OC(C=C)C=C. The summed E-state index contributed by atoms with van der Waals surface area (Å²) in [6.45, 7) is 13.4. The van der Waals surface area contributed by atoms with Gasteiger partial charge in [0.15, 0.2) is 0 Å². The van der Waals surface area contributed by atoms with E-state index in [0.29, 0.717) is 32.8 Å². The fourth-order valence-electron chi connectivity index (χ4n) is 4.82. The molecule has 0 amide bonds. The van der Waals surface area contributed by atoms with Gasteiger partial charge in [-0.1, -0.05) is 109 Å². The Hall–Kier alpha value is -3.32. The van der Waals surface area contributed by atoms with E-state index in [0.717, 1.165) is 16.7 Å². The maximum absolute atomic E-state index is 6.66. The molecule has 0 unspecified atom stereocenters. The van der Waals surface area contributed by atoms with Gasteiger partial charge >= 0.3 is 0 Å². The zero-order valence-corrected chi connectivity index (χ0v) is 23.1. The van der Waals surface area contributed by atoms with Gasteiger partial charge in [-0.2, -0.15) is 0 Å². The molecule has 1 aliphatic rings. The lowest BCUT2D eigenvalue weighted by Gasteiger charge is -2.46. The minimum absolute atomic E-state index is 0.317. The molecular formula is C35H40O5. The molecule has 5 atom stereocenters. The van der Waals surface area contributed by atoms with Crippen LogP contribution in [0, 0.1) is 0 Å². The van der Waals surface area contributed by atoms with Gasteiger partial charge in [0.05, 0.1) is 38.6 Å². The van der Waals surface area contributed by atoms with Crippen molar-refractivity contribution in [3.8, 4) is 0 Å². The van der Waals surface area contributed by atoms with E-state index in [2.05, 4.69) is 19.7 Å². The van der Waals surface area contributed by atoms with Crippen LogP contribution in [0.15, 0.2) is 129 Å². The minimum Gasteiger partial charge on any atom is -0.374 e. The first kappa shape index (κ1) is 29.7. The minimum atomic E-state index is -0.457. The maximum atomic E-state index is 6.66. The topological polar surface area (TPSA) is 46.2 Å². The van der Waals surface area contributed by atoms with Crippen LogP contribution in [0.2, 0.25) is 0 Å². The van der Waals surface area contributed by atoms with Crippen molar-refractivity contribution in [2.45, 2.75) is 62.9 Å². The Morgan fingerprint density at radius 1 is 0.625 bits per heavy atom. The summed E-state index contributed by atoms with van der Waals surface area (Å²) in [7, 11) is 0. The van der Waals surface area contributed by atoms with Crippen LogP contribution < -0.4 is 0 Å². The van der Waals surface area contributed by atoms with Gasteiger partial charge in [0.2, 0.25) is 0 Å². The molecule has 3 aromatic carbocycles. The molecule has 0 radical (unpaired) electrons. The van der Waals surface area contributed by atoms with Crippen molar-refractivity contribution in [3.05, 3.63) is 146 Å². The largest absolute Gasteiger partial charge is 0.374 e. The normalized spacial score (nSPS) is 22.6. The molecule has 1 heterocycles. The van der Waals surface area contributed by atoms with Crippen LogP contribution in [-0.2, 0) is 43.5 Å². The molecular weight excluding hydrogens is 500 g/mol. The Morgan fingerprint density at radius 3 is 1.62 bits per heavy atom. The van der Waals surface area contributed by atoms with Gasteiger partial charge in [-0.15, -0.1) is 19.7 Å². The fourth-order valence-corrected chi connectivity index (χ4v) is 4.82. The van der Waals surface area contributed by atoms with Gasteiger partial charge in [-0.05, 0) is 23.1 Å². The van der Waals surface area contributed by atoms with Crippen molar-refractivity contribution >= 4 is 0 Å². The summed E-state index contributed by atoms with van der Waals surface area (Å²) >= 11 is 0. The van der Waals surface area contributed by atoms with Gasteiger partial charge in [0.25, 0.3) is 0 Å². The molecule has 0 saturated carbocycles. The summed E-state index contributed by atoms with van der Waals surface area (Å²) in [5.74, 6) is 0. The standard InChI is InChI=1S/C35H40O5/c1-4-16-31-34(39-30(5-2)6-3)35(38-25-29-21-14-9-15-22-29)33(37-24-28-19-12-8-13-20-28)32(40-31)26-36-23-27-17-10-7-11-18-27/h4-15,17-22,30-35H,1-3,16,23-26H2/t31-,32+,33+,34-,35-/m0/s1. The van der Waals surface area contributed by atoms with E-state index in [1.54, 1.807) is 12.2 Å². The molecule has 5 nitrogen and oxygen atoms in total. The average Bonchev–Trinajstić information content (AvgIpc) is 3.00. The highest BCUT2D eigenvalue weighted by atomic mass is 16.6. The van der Waals surface area contributed by atoms with Gasteiger partial charge in [-0.3, -0.25) is 0 Å². The molecule has 1 fully saturated rings. The van der Waals surface area contributed by atoms with Gasteiger partial charge in [-0.25, -0.2) is 0 Å². The molecule has 1 aliphatic heterocycles. The predicted octanol–water partition coefficient (Wildman–Crippen LogP) is 6.84. The fraction of sp³-hybridized carbons (Fsp3) is 0.314. The molecule has 0 N–H and O–H groups in total. The summed E-state index contributed by atoms with van der Waals surface area (Å²) in [5, 5.41) is 0. The first-order chi connectivity index (χ1) is 19.7. The van der Waals surface area contributed by atoms with Gasteiger partial charge in [0, 0.05) is 0 Å². The summed E-state index contributed by atoms with van der Waals surface area (Å²) in [6.07, 6.45) is 3.44. The zero-order valence-electron chi connectivity index (χ0n) is 23.1. The van der Waals surface area contributed by atoms with Crippen LogP contribution in [0.1, 0.15) is 23.1 Å². The van der Waals surface area contributed by atoms with Crippen LogP contribution in [0.3, 0.4) is 0 Å². The highest BCUT2D eigenvalue weighted by Crippen LogP contribution is 2.32. The van der Waals surface area contributed by atoms with Crippen LogP contribution in [0.4, 0.5) is 0 Å². The van der Waals surface area contributed by atoms with Crippen LogP contribution in [0.25, 0.3) is 0 Å². The van der Waals surface area contributed by atoms with Crippen LogP contribution in [0.5, 0.6) is 0 Å². The van der Waals surface area contributed by atoms with E-state index in [4.69, 9.17) is 23.7 Å². The first-order valence-corrected chi connectivity index (χ1v) is 13.8. The monoisotopic (exact) mass is 540 g/mol. The Morgan fingerprint density at radius 2 is 1.12 bits per heavy atom. The third kappa shape index (κ3) is 8.59. The summed E-state index contributed by atoms with van der Waals surface area (Å²) < 4.78 is 32.6. The van der Waals surface area contributed by atoms with Crippen molar-refractivity contribution in [1.29, 1.82) is 0 Å². The smallest absolute Gasteiger partial charge is 0.115 e. The molecule has 3 aromatic rings. The van der Waals surface area contributed by atoms with E-state index < -0.39 is 18.3 Å². The van der Waals surface area contributed by atoms with E-state index in [9.17, 15) is 0 Å². The summed E-state index contributed by atoms with van der Waals surface area (Å²) in [6, 6.07) is 30.3. The van der Waals surface area contributed by atoms with Crippen LogP contribution in [-0.4, -0.2) is 43.2 Å². The second kappa shape index (κ2) is 16.1. The molecule has 5 heteroatoms. The van der Waals surface area contributed by atoms with Crippen molar-refractivity contribution in [2.75, 3.05) is 6.61 Å². The van der Waals surface area contributed by atoms with Crippen molar-refractivity contribution in [2.24, 2.45) is 0 Å². The molecule has 0 aliphatic carbocycles. The molecule has 0 spiro atoms. The Labute approximate surface area is 238 Å². The van der Waals surface area contributed by atoms with Gasteiger partial charge < -0.3 is 23.7 Å². The van der Waals surface area contributed by atoms with Crippen molar-refractivity contribution in [1.82, 2.24) is 0 Å². The second-order valence-electron chi connectivity index (χ2n) is 9.80. The van der Waals surface area contributed by atoms with Gasteiger partial charge in [0.1, 0.15) is 24.4 Å². The number of hydrogen-bond donors (Lipinski definition) is 0. The molecule has 40 heavy (non-hydrogen) atoms. The third-order valence-corrected chi connectivity index (χ3v) is 6.87. The number of hydrogen-bond acceptors (Lipinski definition) is 5. The molecule has 4 rings (SSSR count). The maximum Gasteiger partial charge on any atom is 0.115 e. The van der Waals surface area contributed by atoms with Crippen LogP contribution >= 0.6 is 0 Å². The molecule has 0 aromatic heterocycles. The lowest BCUT2D eigenvalue weighted by molar-refractivity contribution is -0.272. The molecule has 210 valence electrons. The van der Waals surface area contributed by atoms with E-state index >= 15 is 0 Å². The number of ether oxygens (including phenoxy) is 5. The Balaban J connectivity index is 1.61. The Bertz CT molecular complexity index is 1140. The first-order valence-electron chi connectivity index (χ1n) is 13.8. The number of rotatable bonds is 16. The molecule has 1 saturated heterocycles. The third-order valence-electron chi connectivity index (χ3n) is 6.87. The highest BCUT2D eigenvalue weighted by molar-refractivity contribution is 5.15. The van der Waals surface area contributed by atoms with Crippen molar-refractivity contribution in [3.63, 3.8) is 0 Å². The lowest BCUT2D eigenvalue weighted by Crippen LogP contribution is -2.61. The van der Waals surface area contributed by atoms with E-state index in [1.807, 2.05) is 97.1 Å². The zero-order chi connectivity index (χ0) is 28.0. The average molecular weight is 541 g/mol. The lowest BCUT2D eigenvalue weighted by atomic mass is 9.92. The van der Waals surface area contributed by atoms with E-state index in [-0.39, 0.29) is 18.3 Å². The number of benzene rings is 3. The Kier molecular flexibility index (Phi) is 11.9. The predicted molar refractivity (Wildman–Crippen MR) is 159 cm³/mol. The second-order valence-corrected chi connectivity index (χ2v) is 9.80. The van der Waals surface area contributed by atoms with Crippen molar-refractivity contribution < 1.29 is 23.7 Å². The highest BCUT2D eigenvalue weighted by Gasteiger charge is 2.48. The summed E-state index contributed by atoms with van der Waals surface area (Å²) in [4.78, 5) is 0. The quantitative estimate of drug-likeness (QED) is 0.186. The molecule has 0 bridgehead atoms. The summed E-state index contributed by atoms with van der Waals surface area (Å²) in [5.41, 5.74) is 3.23. The van der Waals surface area contributed by atoms with E-state index in [1.165, 1.54) is 0 Å².